The molecule has 2 nitrogen and oxygen atoms in total. The molecule has 0 N–H and O–H groups in total. The highest BCUT2D eigenvalue weighted by molar-refractivity contribution is 6.32. The highest BCUT2D eigenvalue weighted by Crippen LogP contribution is 2.34. The normalized spacial score (nSPS) is 12.0. The van der Waals surface area contributed by atoms with E-state index in [2.05, 4.69) is 0 Å². The van der Waals surface area contributed by atoms with Crippen LogP contribution in [0.5, 0.6) is 11.5 Å². The Morgan fingerprint density at radius 3 is 2.33 bits per heavy atom. The summed E-state index contributed by atoms with van der Waals surface area (Å²) in [4.78, 5) is 0. The van der Waals surface area contributed by atoms with Crippen LogP contribution in [0.15, 0.2) is 36.4 Å². The summed E-state index contributed by atoms with van der Waals surface area (Å²) in [6.07, 6.45) is 0.671. The molecule has 1 unspecified atom stereocenters. The number of aryl methyl sites for hydroxylation is 1. The molecule has 0 heterocycles. The molecular formula is C17H18Cl2O2. The van der Waals surface area contributed by atoms with E-state index in [4.69, 9.17) is 32.7 Å². The molecule has 2 rings (SSSR count). The van der Waals surface area contributed by atoms with Crippen molar-refractivity contribution in [2.75, 3.05) is 14.2 Å². The molecule has 0 aromatic heterocycles. The molecule has 0 aliphatic heterocycles. The first-order valence-corrected chi connectivity index (χ1v) is 7.47. The Bertz CT molecular complexity index is 626. The van der Waals surface area contributed by atoms with Crippen LogP contribution >= 0.6 is 23.2 Å². The second kappa shape index (κ2) is 7.06. The van der Waals surface area contributed by atoms with Gasteiger partial charge in [-0.3, -0.25) is 0 Å². The fourth-order valence-electron chi connectivity index (χ4n) is 2.21. The van der Waals surface area contributed by atoms with Gasteiger partial charge in [-0.15, -0.1) is 11.6 Å². The zero-order valence-corrected chi connectivity index (χ0v) is 13.8. The van der Waals surface area contributed by atoms with E-state index in [1.165, 1.54) is 0 Å². The Kier molecular flexibility index (Phi) is 5.38. The number of hydrogen-bond acceptors (Lipinski definition) is 2. The van der Waals surface area contributed by atoms with E-state index < -0.39 is 0 Å². The lowest BCUT2D eigenvalue weighted by Gasteiger charge is -2.14. The number of methoxy groups -OCH3 is 2. The van der Waals surface area contributed by atoms with E-state index in [9.17, 15) is 0 Å². The molecule has 2 aromatic rings. The summed E-state index contributed by atoms with van der Waals surface area (Å²) in [7, 11) is 3.24. The average molecular weight is 325 g/mol. The molecule has 0 aliphatic carbocycles. The van der Waals surface area contributed by atoms with Crippen LogP contribution < -0.4 is 9.47 Å². The molecule has 0 bridgehead atoms. The minimum absolute atomic E-state index is 0.184. The second-order valence-corrected chi connectivity index (χ2v) is 5.82. The molecule has 0 saturated carbocycles. The van der Waals surface area contributed by atoms with E-state index in [1.807, 2.05) is 43.3 Å². The first-order valence-electron chi connectivity index (χ1n) is 6.66. The molecule has 0 saturated heterocycles. The van der Waals surface area contributed by atoms with Gasteiger partial charge in [0.05, 0.1) is 19.6 Å². The summed E-state index contributed by atoms with van der Waals surface area (Å²) in [5.41, 5.74) is 3.14. The molecule has 2 aromatic carbocycles. The SMILES string of the molecule is COc1ccc(CC(Cl)c2ccc(C)cc2Cl)cc1OC. The van der Waals surface area contributed by atoms with Crippen molar-refractivity contribution in [1.29, 1.82) is 0 Å². The predicted octanol–water partition coefficient (Wildman–Crippen LogP) is 5.19. The van der Waals surface area contributed by atoms with Crippen molar-refractivity contribution in [3.63, 3.8) is 0 Å². The van der Waals surface area contributed by atoms with Gasteiger partial charge in [0, 0.05) is 5.02 Å². The number of halogens is 2. The Morgan fingerprint density at radius 2 is 1.71 bits per heavy atom. The lowest BCUT2D eigenvalue weighted by Crippen LogP contribution is -1.99. The topological polar surface area (TPSA) is 18.5 Å². The highest BCUT2D eigenvalue weighted by atomic mass is 35.5. The van der Waals surface area contributed by atoms with Crippen molar-refractivity contribution < 1.29 is 9.47 Å². The molecule has 0 spiro atoms. The van der Waals surface area contributed by atoms with E-state index in [0.29, 0.717) is 22.9 Å². The van der Waals surface area contributed by atoms with Gasteiger partial charge in [0.15, 0.2) is 11.5 Å². The van der Waals surface area contributed by atoms with Crippen molar-refractivity contribution in [3.05, 3.63) is 58.1 Å². The molecule has 1 atom stereocenters. The van der Waals surface area contributed by atoms with Crippen LogP contribution in [0.25, 0.3) is 0 Å². The van der Waals surface area contributed by atoms with Gasteiger partial charge >= 0.3 is 0 Å². The van der Waals surface area contributed by atoms with Gasteiger partial charge in [-0.05, 0) is 48.2 Å². The molecule has 0 amide bonds. The first kappa shape index (κ1) is 16.0. The van der Waals surface area contributed by atoms with Crippen molar-refractivity contribution in [2.45, 2.75) is 18.7 Å². The number of ether oxygens (including phenoxy) is 2. The van der Waals surface area contributed by atoms with Crippen LogP contribution in [-0.4, -0.2) is 14.2 Å². The summed E-state index contributed by atoms with van der Waals surface area (Å²) < 4.78 is 10.5. The highest BCUT2D eigenvalue weighted by Gasteiger charge is 2.14. The number of rotatable bonds is 5. The molecule has 0 radical (unpaired) electrons. The van der Waals surface area contributed by atoms with Crippen LogP contribution in [0, 0.1) is 6.92 Å². The summed E-state index contributed by atoms with van der Waals surface area (Å²) in [5.74, 6) is 1.41. The zero-order chi connectivity index (χ0) is 15.4. The maximum atomic E-state index is 6.51. The third-order valence-electron chi connectivity index (χ3n) is 3.36. The van der Waals surface area contributed by atoms with Gasteiger partial charge in [-0.25, -0.2) is 0 Å². The van der Waals surface area contributed by atoms with Crippen LogP contribution in [0.2, 0.25) is 5.02 Å². The fourth-order valence-corrected chi connectivity index (χ4v) is 3.00. The van der Waals surface area contributed by atoms with E-state index in [0.717, 1.165) is 16.7 Å². The van der Waals surface area contributed by atoms with Crippen LogP contribution in [0.1, 0.15) is 22.1 Å². The Labute approximate surface area is 135 Å². The minimum atomic E-state index is -0.184. The monoisotopic (exact) mass is 324 g/mol. The summed E-state index contributed by atoms with van der Waals surface area (Å²) >= 11 is 12.8. The molecule has 0 aliphatic rings. The second-order valence-electron chi connectivity index (χ2n) is 4.89. The Morgan fingerprint density at radius 1 is 1.00 bits per heavy atom. The first-order chi connectivity index (χ1) is 10.0. The van der Waals surface area contributed by atoms with Gasteiger partial charge in [0.2, 0.25) is 0 Å². The number of benzene rings is 2. The zero-order valence-electron chi connectivity index (χ0n) is 12.3. The third kappa shape index (κ3) is 3.84. The summed E-state index contributed by atoms with van der Waals surface area (Å²) in [6.45, 7) is 2.01. The van der Waals surface area contributed by atoms with Gasteiger partial charge in [0.25, 0.3) is 0 Å². The minimum Gasteiger partial charge on any atom is -0.493 e. The quantitative estimate of drug-likeness (QED) is 0.705. The fraction of sp³-hybridized carbons (Fsp3) is 0.294. The van der Waals surface area contributed by atoms with Crippen LogP contribution in [0.3, 0.4) is 0 Å². The van der Waals surface area contributed by atoms with E-state index in [-0.39, 0.29) is 5.38 Å². The van der Waals surface area contributed by atoms with Gasteiger partial charge < -0.3 is 9.47 Å². The largest absolute Gasteiger partial charge is 0.493 e. The van der Waals surface area contributed by atoms with Gasteiger partial charge in [0.1, 0.15) is 0 Å². The Balaban J connectivity index is 2.21. The lowest BCUT2D eigenvalue weighted by atomic mass is 10.0. The van der Waals surface area contributed by atoms with Crippen molar-refractivity contribution >= 4 is 23.2 Å². The van der Waals surface area contributed by atoms with Gasteiger partial charge in [-0.2, -0.15) is 0 Å². The smallest absolute Gasteiger partial charge is 0.160 e. The van der Waals surface area contributed by atoms with Gasteiger partial charge in [-0.1, -0.05) is 29.8 Å². The molecular weight excluding hydrogens is 307 g/mol. The average Bonchev–Trinajstić information content (AvgIpc) is 2.46. The summed E-state index contributed by atoms with van der Waals surface area (Å²) in [6, 6.07) is 11.7. The molecule has 4 heteroatoms. The number of alkyl halides is 1. The van der Waals surface area contributed by atoms with E-state index in [1.54, 1.807) is 14.2 Å². The van der Waals surface area contributed by atoms with Crippen molar-refractivity contribution in [3.8, 4) is 11.5 Å². The van der Waals surface area contributed by atoms with E-state index >= 15 is 0 Å². The molecule has 112 valence electrons. The molecule has 21 heavy (non-hydrogen) atoms. The maximum absolute atomic E-state index is 6.51. The molecule has 0 fully saturated rings. The predicted molar refractivity (Wildman–Crippen MR) is 88.0 cm³/mol. The van der Waals surface area contributed by atoms with Crippen molar-refractivity contribution in [1.82, 2.24) is 0 Å². The lowest BCUT2D eigenvalue weighted by molar-refractivity contribution is 0.354. The van der Waals surface area contributed by atoms with Crippen molar-refractivity contribution in [2.24, 2.45) is 0 Å². The van der Waals surface area contributed by atoms with Crippen LogP contribution in [0.4, 0.5) is 0 Å². The standard InChI is InChI=1S/C17H18Cl2O2/c1-11-4-6-13(14(18)8-11)15(19)9-12-5-7-16(20-2)17(10-12)21-3/h4-8,10,15H,9H2,1-3H3. The Hall–Kier alpha value is -1.38. The third-order valence-corrected chi connectivity index (χ3v) is 4.07. The van der Waals surface area contributed by atoms with Crippen LogP contribution in [-0.2, 0) is 6.42 Å². The summed E-state index contributed by atoms with van der Waals surface area (Å²) in [5, 5.41) is 0.520. The number of hydrogen-bond donors (Lipinski definition) is 0. The maximum Gasteiger partial charge on any atom is 0.160 e.